The molecule has 0 heterocycles. The van der Waals surface area contributed by atoms with Gasteiger partial charge in [-0.05, 0) is 11.5 Å². The van der Waals surface area contributed by atoms with Gasteiger partial charge in [-0.2, -0.15) is 0 Å². The van der Waals surface area contributed by atoms with Gasteiger partial charge in [-0.25, -0.2) is 0 Å². The Bertz CT molecular complexity index is 395. The molecule has 1 rings (SSSR count). The zero-order chi connectivity index (χ0) is 15.5. The number of methoxy groups -OCH3 is 1. The summed E-state index contributed by atoms with van der Waals surface area (Å²) in [6, 6.07) is 10.0. The molecule has 0 fully saturated rings. The van der Waals surface area contributed by atoms with Crippen molar-refractivity contribution >= 4 is 5.91 Å². The summed E-state index contributed by atoms with van der Waals surface area (Å²) in [7, 11) is 1.68. The van der Waals surface area contributed by atoms with Crippen LogP contribution in [0, 0.1) is 5.92 Å². The molecule has 21 heavy (non-hydrogen) atoms. The third-order valence-electron chi connectivity index (χ3n) is 3.74. The standard InChI is InChI=1S/C17H28N2O2/c1-4-14(2)16(15-8-6-5-7-9-15)17(20)19-11-10-18-12-13-21-3/h5-9,14,16,18H,4,10-13H2,1-3H3,(H,19,20). The number of hydrogen-bond donors (Lipinski definition) is 2. The van der Waals surface area contributed by atoms with E-state index >= 15 is 0 Å². The van der Waals surface area contributed by atoms with Crippen LogP contribution < -0.4 is 10.6 Å². The second-order valence-electron chi connectivity index (χ2n) is 5.31. The molecule has 0 radical (unpaired) electrons. The zero-order valence-electron chi connectivity index (χ0n) is 13.4. The molecule has 0 aliphatic heterocycles. The van der Waals surface area contributed by atoms with Crippen molar-refractivity contribution in [1.29, 1.82) is 0 Å². The quantitative estimate of drug-likeness (QED) is 0.650. The summed E-state index contributed by atoms with van der Waals surface area (Å²) in [6.07, 6.45) is 0.985. The number of amides is 1. The van der Waals surface area contributed by atoms with Crippen LogP contribution in [0.25, 0.3) is 0 Å². The van der Waals surface area contributed by atoms with Crippen LogP contribution in [0.3, 0.4) is 0 Å². The van der Waals surface area contributed by atoms with Crippen LogP contribution in [-0.2, 0) is 9.53 Å². The first-order valence-corrected chi connectivity index (χ1v) is 7.73. The SMILES string of the molecule is CCC(C)C(C(=O)NCCNCCOC)c1ccccc1. The first-order valence-electron chi connectivity index (χ1n) is 7.73. The zero-order valence-corrected chi connectivity index (χ0v) is 13.4. The molecular formula is C17H28N2O2. The summed E-state index contributed by atoms with van der Waals surface area (Å²) < 4.78 is 4.96. The van der Waals surface area contributed by atoms with E-state index < -0.39 is 0 Å². The minimum atomic E-state index is -0.0739. The van der Waals surface area contributed by atoms with Gasteiger partial charge in [0.25, 0.3) is 0 Å². The second-order valence-corrected chi connectivity index (χ2v) is 5.31. The van der Waals surface area contributed by atoms with E-state index in [1.165, 1.54) is 0 Å². The second kappa shape index (κ2) is 10.4. The monoisotopic (exact) mass is 292 g/mol. The fourth-order valence-electron chi connectivity index (χ4n) is 2.32. The minimum absolute atomic E-state index is 0.0739. The number of nitrogens with one attached hydrogen (secondary N) is 2. The number of carbonyl (C=O) groups excluding carboxylic acids is 1. The van der Waals surface area contributed by atoms with Crippen molar-refractivity contribution in [2.24, 2.45) is 5.92 Å². The lowest BCUT2D eigenvalue weighted by Crippen LogP contribution is -2.37. The lowest BCUT2D eigenvalue weighted by atomic mass is 9.85. The van der Waals surface area contributed by atoms with E-state index in [0.717, 1.165) is 25.1 Å². The minimum Gasteiger partial charge on any atom is -0.383 e. The van der Waals surface area contributed by atoms with Crippen molar-refractivity contribution in [3.63, 3.8) is 0 Å². The number of rotatable bonds is 10. The van der Waals surface area contributed by atoms with Gasteiger partial charge in [-0.1, -0.05) is 50.6 Å². The maximum atomic E-state index is 12.5. The third-order valence-corrected chi connectivity index (χ3v) is 3.74. The molecule has 0 bridgehead atoms. The average molecular weight is 292 g/mol. The summed E-state index contributed by atoms with van der Waals surface area (Å²) in [5, 5.41) is 6.25. The molecule has 0 aliphatic carbocycles. The van der Waals surface area contributed by atoms with Gasteiger partial charge >= 0.3 is 0 Å². The highest BCUT2D eigenvalue weighted by atomic mass is 16.5. The summed E-state index contributed by atoms with van der Waals surface area (Å²) in [5.41, 5.74) is 1.09. The molecule has 1 amide bonds. The van der Waals surface area contributed by atoms with Crippen molar-refractivity contribution < 1.29 is 9.53 Å². The fraction of sp³-hybridized carbons (Fsp3) is 0.588. The van der Waals surface area contributed by atoms with Gasteiger partial charge in [0.05, 0.1) is 12.5 Å². The Morgan fingerprint density at radius 2 is 1.90 bits per heavy atom. The Morgan fingerprint density at radius 3 is 2.52 bits per heavy atom. The van der Waals surface area contributed by atoms with Gasteiger partial charge in [0, 0.05) is 26.7 Å². The Balaban J connectivity index is 2.49. The summed E-state index contributed by atoms with van der Waals surface area (Å²) in [4.78, 5) is 12.5. The largest absolute Gasteiger partial charge is 0.383 e. The van der Waals surface area contributed by atoms with Crippen LogP contribution in [0.5, 0.6) is 0 Å². The average Bonchev–Trinajstić information content (AvgIpc) is 2.51. The Labute approximate surface area is 128 Å². The van der Waals surface area contributed by atoms with Crippen molar-refractivity contribution in [2.45, 2.75) is 26.2 Å². The molecular weight excluding hydrogens is 264 g/mol. The number of benzene rings is 1. The Morgan fingerprint density at radius 1 is 1.19 bits per heavy atom. The predicted molar refractivity (Wildman–Crippen MR) is 86.4 cm³/mol. The van der Waals surface area contributed by atoms with Crippen LogP contribution in [0.4, 0.5) is 0 Å². The van der Waals surface area contributed by atoms with Gasteiger partial charge in [0.2, 0.25) is 5.91 Å². The van der Waals surface area contributed by atoms with Gasteiger partial charge in [0.15, 0.2) is 0 Å². The Kier molecular flexibility index (Phi) is 8.71. The summed E-state index contributed by atoms with van der Waals surface area (Å²) in [5.74, 6) is 0.369. The molecule has 1 aromatic rings. The van der Waals surface area contributed by atoms with E-state index in [2.05, 4.69) is 24.5 Å². The van der Waals surface area contributed by atoms with E-state index in [4.69, 9.17) is 4.74 Å². The van der Waals surface area contributed by atoms with E-state index in [1.54, 1.807) is 7.11 Å². The molecule has 2 N–H and O–H groups in total. The highest BCUT2D eigenvalue weighted by molar-refractivity contribution is 5.83. The lowest BCUT2D eigenvalue weighted by molar-refractivity contribution is -0.123. The molecule has 0 saturated carbocycles. The number of carbonyl (C=O) groups is 1. The molecule has 1 aromatic carbocycles. The lowest BCUT2D eigenvalue weighted by Gasteiger charge is -2.22. The predicted octanol–water partition coefficient (Wildman–Crippen LogP) is 2.17. The van der Waals surface area contributed by atoms with Crippen LogP contribution in [0.1, 0.15) is 31.7 Å². The third kappa shape index (κ3) is 6.27. The molecule has 4 nitrogen and oxygen atoms in total. The van der Waals surface area contributed by atoms with Crippen LogP contribution in [0.2, 0.25) is 0 Å². The summed E-state index contributed by atoms with van der Waals surface area (Å²) in [6.45, 7) is 7.15. The first-order chi connectivity index (χ1) is 10.2. The topological polar surface area (TPSA) is 50.4 Å². The first kappa shape index (κ1) is 17.7. The van der Waals surface area contributed by atoms with Crippen molar-refractivity contribution in [3.05, 3.63) is 35.9 Å². The number of ether oxygens (including phenoxy) is 1. The van der Waals surface area contributed by atoms with E-state index in [-0.39, 0.29) is 11.8 Å². The van der Waals surface area contributed by atoms with Crippen molar-refractivity contribution in [2.75, 3.05) is 33.4 Å². The molecule has 0 aliphatic rings. The maximum Gasteiger partial charge on any atom is 0.227 e. The highest BCUT2D eigenvalue weighted by Crippen LogP contribution is 2.26. The molecule has 0 saturated heterocycles. The number of hydrogen-bond acceptors (Lipinski definition) is 3. The molecule has 2 unspecified atom stereocenters. The van der Waals surface area contributed by atoms with E-state index in [9.17, 15) is 4.79 Å². The molecule has 0 spiro atoms. The van der Waals surface area contributed by atoms with E-state index in [1.807, 2.05) is 30.3 Å². The fourth-order valence-corrected chi connectivity index (χ4v) is 2.32. The van der Waals surface area contributed by atoms with Crippen molar-refractivity contribution in [1.82, 2.24) is 10.6 Å². The smallest absolute Gasteiger partial charge is 0.227 e. The van der Waals surface area contributed by atoms with Crippen LogP contribution >= 0.6 is 0 Å². The van der Waals surface area contributed by atoms with Gasteiger partial charge in [0.1, 0.15) is 0 Å². The Hall–Kier alpha value is -1.39. The van der Waals surface area contributed by atoms with Crippen LogP contribution in [0.15, 0.2) is 30.3 Å². The maximum absolute atomic E-state index is 12.5. The van der Waals surface area contributed by atoms with Gasteiger partial charge < -0.3 is 15.4 Å². The molecule has 2 atom stereocenters. The molecule has 0 aromatic heterocycles. The van der Waals surface area contributed by atoms with E-state index in [0.29, 0.717) is 19.1 Å². The molecule has 4 heteroatoms. The molecule has 118 valence electrons. The van der Waals surface area contributed by atoms with Crippen molar-refractivity contribution in [3.8, 4) is 0 Å². The summed E-state index contributed by atoms with van der Waals surface area (Å²) >= 11 is 0. The normalized spacial score (nSPS) is 13.7. The highest BCUT2D eigenvalue weighted by Gasteiger charge is 2.25. The van der Waals surface area contributed by atoms with Crippen LogP contribution in [-0.4, -0.2) is 39.3 Å². The van der Waals surface area contributed by atoms with Gasteiger partial charge in [-0.3, -0.25) is 4.79 Å². The van der Waals surface area contributed by atoms with Gasteiger partial charge in [-0.15, -0.1) is 0 Å².